The fraction of sp³-hybridized carbons (Fsp3) is 0.125. The molecule has 0 aliphatic carbocycles. The van der Waals surface area contributed by atoms with Crippen LogP contribution in [-0.4, -0.2) is 33.9 Å². The third kappa shape index (κ3) is 4.15. The molecule has 1 aliphatic heterocycles. The van der Waals surface area contributed by atoms with E-state index in [1.54, 1.807) is 24.3 Å². The fourth-order valence-electron chi connectivity index (χ4n) is 3.68. The van der Waals surface area contributed by atoms with Crippen LogP contribution in [0.5, 0.6) is 5.75 Å². The second-order valence-electron chi connectivity index (χ2n) is 7.35. The van der Waals surface area contributed by atoms with Gasteiger partial charge in [-0.3, -0.25) is 9.59 Å². The Hall–Kier alpha value is -3.49. The molecular formula is C24H19ClN2O5S. The number of hydrogen-bond donors (Lipinski definition) is 1. The zero-order chi connectivity index (χ0) is 23.9. The van der Waals surface area contributed by atoms with E-state index in [-0.39, 0.29) is 16.3 Å². The summed E-state index contributed by atoms with van der Waals surface area (Å²) in [6.07, 6.45) is 1.68. The Labute approximate surface area is 199 Å². The van der Waals surface area contributed by atoms with E-state index in [1.807, 2.05) is 24.5 Å². The average molecular weight is 483 g/mol. The number of aromatic hydroxyl groups is 1. The number of carbonyl (C=O) groups excluding carboxylic acids is 3. The van der Waals surface area contributed by atoms with Gasteiger partial charge >= 0.3 is 5.97 Å². The molecule has 0 unspecified atom stereocenters. The minimum Gasteiger partial charge on any atom is -0.508 e. The van der Waals surface area contributed by atoms with Crippen LogP contribution in [0.15, 0.2) is 53.4 Å². The number of anilines is 1. The van der Waals surface area contributed by atoms with Gasteiger partial charge in [0.1, 0.15) is 5.75 Å². The highest BCUT2D eigenvalue weighted by Gasteiger charge is 2.36. The van der Waals surface area contributed by atoms with Crippen LogP contribution < -0.4 is 4.90 Å². The van der Waals surface area contributed by atoms with Crippen molar-refractivity contribution in [3.8, 4) is 11.4 Å². The molecule has 0 radical (unpaired) electrons. The van der Waals surface area contributed by atoms with Crippen LogP contribution in [0.25, 0.3) is 11.8 Å². The summed E-state index contributed by atoms with van der Waals surface area (Å²) in [5.41, 5.74) is 3.81. The Morgan fingerprint density at radius 2 is 1.73 bits per heavy atom. The van der Waals surface area contributed by atoms with Crippen molar-refractivity contribution in [1.82, 2.24) is 4.57 Å². The molecular weight excluding hydrogens is 464 g/mol. The zero-order valence-electron chi connectivity index (χ0n) is 18.0. The van der Waals surface area contributed by atoms with Gasteiger partial charge in [0.15, 0.2) is 0 Å². The summed E-state index contributed by atoms with van der Waals surface area (Å²) in [6.45, 7) is 3.79. The Morgan fingerprint density at radius 3 is 2.39 bits per heavy atom. The standard InChI is InChI=1S/C24H19ClN2O5S/c1-13-10-15(14(2)26(13)17-6-9-20(25)19(12-17)23(30)32-3)11-21-22(29)27(24(31)33-21)16-4-7-18(28)8-5-16/h4-12,28H,1-3H3/b21-11+. The summed E-state index contributed by atoms with van der Waals surface area (Å²) >= 11 is 7.00. The quantitative estimate of drug-likeness (QED) is 0.391. The highest BCUT2D eigenvalue weighted by atomic mass is 35.5. The van der Waals surface area contributed by atoms with Crippen LogP contribution in [0.4, 0.5) is 10.5 Å². The molecule has 33 heavy (non-hydrogen) atoms. The molecule has 1 saturated heterocycles. The number of hydrogen-bond acceptors (Lipinski definition) is 6. The SMILES string of the molecule is COC(=O)c1cc(-n2c(C)cc(/C=C3/SC(=O)N(c4ccc(O)cc4)C3=O)c2C)ccc1Cl. The van der Waals surface area contributed by atoms with Crippen molar-refractivity contribution in [3.63, 3.8) is 0 Å². The molecule has 9 heteroatoms. The minimum absolute atomic E-state index is 0.0475. The maximum Gasteiger partial charge on any atom is 0.339 e. The summed E-state index contributed by atoms with van der Waals surface area (Å²) < 4.78 is 6.73. The highest BCUT2D eigenvalue weighted by Crippen LogP contribution is 2.37. The molecule has 0 atom stereocenters. The highest BCUT2D eigenvalue weighted by molar-refractivity contribution is 8.19. The summed E-state index contributed by atoms with van der Waals surface area (Å²) in [7, 11) is 1.29. The van der Waals surface area contributed by atoms with E-state index < -0.39 is 17.1 Å². The largest absolute Gasteiger partial charge is 0.508 e. The maximum atomic E-state index is 12.9. The topological polar surface area (TPSA) is 88.8 Å². The monoisotopic (exact) mass is 482 g/mol. The normalized spacial score (nSPS) is 14.9. The molecule has 0 spiro atoms. The summed E-state index contributed by atoms with van der Waals surface area (Å²) in [5, 5.41) is 9.34. The lowest BCUT2D eigenvalue weighted by Gasteiger charge is -2.12. The molecule has 168 valence electrons. The van der Waals surface area contributed by atoms with Gasteiger partial charge in [-0.05, 0) is 85.8 Å². The molecule has 2 amide bonds. The van der Waals surface area contributed by atoms with Crippen molar-refractivity contribution in [2.75, 3.05) is 12.0 Å². The number of amides is 2. The summed E-state index contributed by atoms with van der Waals surface area (Å²) in [5.74, 6) is -0.918. The van der Waals surface area contributed by atoms with Crippen LogP contribution >= 0.6 is 23.4 Å². The number of phenols is 1. The van der Waals surface area contributed by atoms with Crippen molar-refractivity contribution in [1.29, 1.82) is 0 Å². The third-order valence-corrected chi connectivity index (χ3v) is 6.47. The smallest absolute Gasteiger partial charge is 0.339 e. The number of esters is 1. The molecule has 2 aromatic carbocycles. The van der Waals surface area contributed by atoms with Gasteiger partial charge in [0.05, 0.1) is 28.3 Å². The van der Waals surface area contributed by atoms with Gasteiger partial charge in [0, 0.05) is 17.1 Å². The van der Waals surface area contributed by atoms with Crippen molar-refractivity contribution < 1.29 is 24.2 Å². The van der Waals surface area contributed by atoms with Crippen molar-refractivity contribution >= 4 is 52.2 Å². The van der Waals surface area contributed by atoms with Gasteiger partial charge in [0.2, 0.25) is 0 Å². The van der Waals surface area contributed by atoms with Gasteiger partial charge in [-0.2, -0.15) is 0 Å². The molecule has 1 aliphatic rings. The van der Waals surface area contributed by atoms with Crippen LogP contribution in [0.2, 0.25) is 5.02 Å². The van der Waals surface area contributed by atoms with Gasteiger partial charge in [-0.15, -0.1) is 0 Å². The molecule has 0 bridgehead atoms. The zero-order valence-corrected chi connectivity index (χ0v) is 19.5. The lowest BCUT2D eigenvalue weighted by molar-refractivity contribution is -0.113. The minimum atomic E-state index is -0.535. The molecule has 3 aromatic rings. The average Bonchev–Trinajstić information content (AvgIpc) is 3.23. The first-order valence-electron chi connectivity index (χ1n) is 9.85. The second kappa shape index (κ2) is 8.80. The second-order valence-corrected chi connectivity index (χ2v) is 8.75. The van der Waals surface area contributed by atoms with E-state index in [0.29, 0.717) is 16.3 Å². The van der Waals surface area contributed by atoms with Crippen LogP contribution in [-0.2, 0) is 9.53 Å². The summed E-state index contributed by atoms with van der Waals surface area (Å²) in [4.78, 5) is 38.9. The molecule has 1 aromatic heterocycles. The Morgan fingerprint density at radius 1 is 1.06 bits per heavy atom. The predicted octanol–water partition coefficient (Wildman–Crippen LogP) is 5.48. The Balaban J connectivity index is 1.71. The molecule has 1 fully saturated rings. The number of thioether (sulfide) groups is 1. The molecule has 7 nitrogen and oxygen atoms in total. The molecule has 2 heterocycles. The lowest BCUT2D eigenvalue weighted by atomic mass is 10.2. The summed E-state index contributed by atoms with van der Waals surface area (Å²) in [6, 6.07) is 12.8. The van der Waals surface area contributed by atoms with E-state index in [9.17, 15) is 19.5 Å². The van der Waals surface area contributed by atoms with Crippen molar-refractivity contribution in [2.24, 2.45) is 0 Å². The maximum absolute atomic E-state index is 12.9. The van der Waals surface area contributed by atoms with Crippen molar-refractivity contribution in [3.05, 3.63) is 81.0 Å². The Kier molecular flexibility index (Phi) is 6.05. The van der Waals surface area contributed by atoms with Gasteiger partial charge in [-0.1, -0.05) is 11.6 Å². The third-order valence-electron chi connectivity index (χ3n) is 5.27. The number of ether oxygens (including phenoxy) is 1. The van der Waals surface area contributed by atoms with E-state index in [1.165, 1.54) is 31.4 Å². The fourth-order valence-corrected chi connectivity index (χ4v) is 4.71. The predicted molar refractivity (Wildman–Crippen MR) is 128 cm³/mol. The molecule has 1 N–H and O–H groups in total. The number of aryl methyl sites for hydroxylation is 1. The number of rotatable bonds is 4. The van der Waals surface area contributed by atoms with Gasteiger partial charge in [-0.25, -0.2) is 9.69 Å². The lowest BCUT2D eigenvalue weighted by Crippen LogP contribution is -2.27. The van der Waals surface area contributed by atoms with E-state index >= 15 is 0 Å². The first-order valence-corrected chi connectivity index (χ1v) is 11.0. The molecule has 0 saturated carbocycles. The van der Waals surface area contributed by atoms with Crippen molar-refractivity contribution in [2.45, 2.75) is 13.8 Å². The first-order chi connectivity index (χ1) is 15.7. The number of halogens is 1. The van der Waals surface area contributed by atoms with E-state index in [2.05, 4.69) is 0 Å². The number of methoxy groups -OCH3 is 1. The number of benzene rings is 2. The van der Waals surface area contributed by atoms with E-state index in [4.69, 9.17) is 16.3 Å². The van der Waals surface area contributed by atoms with Crippen LogP contribution in [0.1, 0.15) is 27.3 Å². The van der Waals surface area contributed by atoms with Gasteiger partial charge < -0.3 is 14.4 Å². The van der Waals surface area contributed by atoms with Gasteiger partial charge in [0.25, 0.3) is 11.1 Å². The number of phenolic OH excluding ortho intramolecular Hbond substituents is 1. The van der Waals surface area contributed by atoms with E-state index in [0.717, 1.165) is 33.6 Å². The van der Waals surface area contributed by atoms with Crippen LogP contribution in [0.3, 0.4) is 0 Å². The molecule has 4 rings (SSSR count). The number of imide groups is 1. The Bertz CT molecular complexity index is 1330. The number of carbonyl (C=O) groups is 3. The first kappa shape index (κ1) is 22.7. The van der Waals surface area contributed by atoms with Crippen LogP contribution in [0, 0.1) is 13.8 Å². The number of nitrogens with zero attached hydrogens (tertiary/aromatic N) is 2. The number of aromatic nitrogens is 1.